The number of nitrogens with zero attached hydrogens (tertiary/aromatic N) is 3. The molecule has 2 N–H and O–H groups in total. The lowest BCUT2D eigenvalue weighted by atomic mass is 10.2. The Bertz CT molecular complexity index is 584. The largest absolute Gasteiger partial charge is 0.369 e. The standard InChI is InChI=1S/C11H11BrN4OS/c1-16-10(7-4-2-3-5-8(7)12)14-15-11(16)18-6-9(13)17/h2-5H,6H2,1H3,(H2,13,17). The van der Waals surface area contributed by atoms with Gasteiger partial charge in [-0.3, -0.25) is 4.79 Å². The second kappa shape index (κ2) is 5.53. The Morgan fingerprint density at radius 1 is 1.44 bits per heavy atom. The lowest BCUT2D eigenvalue weighted by Gasteiger charge is -2.04. The van der Waals surface area contributed by atoms with Crippen molar-refractivity contribution in [3.8, 4) is 11.4 Å². The number of aromatic nitrogens is 3. The summed E-state index contributed by atoms with van der Waals surface area (Å²) in [5, 5.41) is 8.85. The number of hydrogen-bond donors (Lipinski definition) is 1. The maximum atomic E-state index is 10.8. The van der Waals surface area contributed by atoms with E-state index >= 15 is 0 Å². The molecular formula is C11H11BrN4OS. The van der Waals surface area contributed by atoms with E-state index in [1.807, 2.05) is 35.9 Å². The fourth-order valence-electron chi connectivity index (χ4n) is 1.45. The van der Waals surface area contributed by atoms with Crippen LogP contribution in [0.15, 0.2) is 33.9 Å². The topological polar surface area (TPSA) is 73.8 Å². The number of halogens is 1. The smallest absolute Gasteiger partial charge is 0.227 e. The first-order valence-electron chi connectivity index (χ1n) is 5.15. The van der Waals surface area contributed by atoms with Crippen molar-refractivity contribution in [1.82, 2.24) is 14.8 Å². The van der Waals surface area contributed by atoms with Gasteiger partial charge < -0.3 is 10.3 Å². The van der Waals surface area contributed by atoms with Gasteiger partial charge in [0.1, 0.15) is 0 Å². The van der Waals surface area contributed by atoms with E-state index in [0.29, 0.717) is 5.16 Å². The van der Waals surface area contributed by atoms with Crippen LogP contribution in [0.5, 0.6) is 0 Å². The normalized spacial score (nSPS) is 10.6. The molecule has 0 aliphatic heterocycles. The van der Waals surface area contributed by atoms with Crippen LogP contribution >= 0.6 is 27.7 Å². The predicted molar refractivity (Wildman–Crippen MR) is 74.1 cm³/mol. The molecular weight excluding hydrogens is 316 g/mol. The van der Waals surface area contributed by atoms with Crippen molar-refractivity contribution >= 4 is 33.6 Å². The summed E-state index contributed by atoms with van der Waals surface area (Å²) in [6.07, 6.45) is 0. The van der Waals surface area contributed by atoms with E-state index in [9.17, 15) is 4.79 Å². The van der Waals surface area contributed by atoms with Crippen molar-refractivity contribution in [3.05, 3.63) is 28.7 Å². The second-order valence-corrected chi connectivity index (χ2v) is 5.40. The van der Waals surface area contributed by atoms with Crippen LogP contribution < -0.4 is 5.73 Å². The minimum atomic E-state index is -0.370. The lowest BCUT2D eigenvalue weighted by molar-refractivity contribution is -0.115. The minimum absolute atomic E-state index is 0.196. The van der Waals surface area contributed by atoms with E-state index in [0.717, 1.165) is 15.9 Å². The molecule has 1 heterocycles. The molecule has 0 saturated heterocycles. The summed E-state index contributed by atoms with van der Waals surface area (Å²) in [4.78, 5) is 10.8. The van der Waals surface area contributed by atoms with Crippen molar-refractivity contribution in [3.63, 3.8) is 0 Å². The molecule has 0 unspecified atom stereocenters. The minimum Gasteiger partial charge on any atom is -0.369 e. The first-order valence-corrected chi connectivity index (χ1v) is 6.93. The summed E-state index contributed by atoms with van der Waals surface area (Å²) in [7, 11) is 1.86. The molecule has 1 amide bonds. The number of amides is 1. The Balaban J connectivity index is 2.31. The molecule has 1 aromatic carbocycles. The Kier molecular flexibility index (Phi) is 4.03. The maximum Gasteiger partial charge on any atom is 0.227 e. The van der Waals surface area contributed by atoms with E-state index < -0.39 is 0 Å². The van der Waals surface area contributed by atoms with Crippen molar-refractivity contribution in [2.45, 2.75) is 5.16 Å². The van der Waals surface area contributed by atoms with Gasteiger partial charge in [-0.1, -0.05) is 45.9 Å². The Morgan fingerprint density at radius 3 is 2.83 bits per heavy atom. The molecule has 0 bridgehead atoms. The molecule has 0 spiro atoms. The molecule has 0 radical (unpaired) electrons. The monoisotopic (exact) mass is 326 g/mol. The summed E-state index contributed by atoms with van der Waals surface area (Å²) >= 11 is 4.75. The van der Waals surface area contributed by atoms with Crippen LogP contribution in [0.1, 0.15) is 0 Å². The van der Waals surface area contributed by atoms with Crippen LogP contribution in [0.4, 0.5) is 0 Å². The summed E-state index contributed by atoms with van der Waals surface area (Å²) in [5.41, 5.74) is 6.06. The average Bonchev–Trinajstić information content (AvgIpc) is 2.69. The molecule has 94 valence electrons. The van der Waals surface area contributed by atoms with Gasteiger partial charge in [-0.25, -0.2) is 0 Å². The highest BCUT2D eigenvalue weighted by Gasteiger charge is 2.13. The highest BCUT2D eigenvalue weighted by Crippen LogP contribution is 2.28. The number of nitrogens with two attached hydrogens (primary N) is 1. The van der Waals surface area contributed by atoms with Gasteiger partial charge in [-0.15, -0.1) is 10.2 Å². The fourth-order valence-corrected chi connectivity index (χ4v) is 2.57. The van der Waals surface area contributed by atoms with Crippen molar-refractivity contribution in [2.24, 2.45) is 12.8 Å². The number of thioether (sulfide) groups is 1. The zero-order valence-corrected chi connectivity index (χ0v) is 12.0. The lowest BCUT2D eigenvalue weighted by Crippen LogP contribution is -2.13. The molecule has 0 aliphatic carbocycles. The summed E-state index contributed by atoms with van der Waals surface area (Å²) in [5.74, 6) is 0.571. The molecule has 0 atom stereocenters. The molecule has 5 nitrogen and oxygen atoms in total. The molecule has 2 aromatic rings. The summed E-state index contributed by atoms with van der Waals surface area (Å²) in [6, 6.07) is 7.77. The van der Waals surface area contributed by atoms with Gasteiger partial charge in [0.05, 0.1) is 5.75 Å². The van der Waals surface area contributed by atoms with Crippen LogP contribution in [-0.4, -0.2) is 26.4 Å². The summed E-state index contributed by atoms with van der Waals surface area (Å²) in [6.45, 7) is 0. The van der Waals surface area contributed by atoms with Crippen molar-refractivity contribution < 1.29 is 4.79 Å². The van der Waals surface area contributed by atoms with Crippen molar-refractivity contribution in [1.29, 1.82) is 0 Å². The first kappa shape index (κ1) is 13.1. The van der Waals surface area contributed by atoms with E-state index in [-0.39, 0.29) is 11.7 Å². The molecule has 0 fully saturated rings. The summed E-state index contributed by atoms with van der Waals surface area (Å²) < 4.78 is 2.79. The van der Waals surface area contributed by atoms with Crippen LogP contribution in [-0.2, 0) is 11.8 Å². The van der Waals surface area contributed by atoms with Gasteiger partial charge in [0.25, 0.3) is 0 Å². The third kappa shape index (κ3) is 2.73. The van der Waals surface area contributed by atoms with E-state index in [4.69, 9.17) is 5.73 Å². The predicted octanol–water partition coefficient (Wildman–Crippen LogP) is 1.82. The third-order valence-corrected chi connectivity index (χ3v) is 4.03. The van der Waals surface area contributed by atoms with E-state index in [1.165, 1.54) is 11.8 Å². The number of hydrogen-bond acceptors (Lipinski definition) is 4. The molecule has 0 saturated carbocycles. The number of benzene rings is 1. The second-order valence-electron chi connectivity index (χ2n) is 3.60. The van der Waals surface area contributed by atoms with Crippen LogP contribution in [0.25, 0.3) is 11.4 Å². The number of rotatable bonds is 4. The van der Waals surface area contributed by atoms with Crippen molar-refractivity contribution in [2.75, 3.05) is 5.75 Å². The number of carbonyl (C=O) groups is 1. The molecule has 7 heteroatoms. The fraction of sp³-hybridized carbons (Fsp3) is 0.182. The zero-order valence-electron chi connectivity index (χ0n) is 9.63. The first-order chi connectivity index (χ1) is 8.59. The highest BCUT2D eigenvalue weighted by atomic mass is 79.9. The van der Waals surface area contributed by atoms with E-state index in [2.05, 4.69) is 26.1 Å². The Morgan fingerprint density at radius 2 is 2.17 bits per heavy atom. The SMILES string of the molecule is Cn1c(SCC(N)=O)nnc1-c1ccccc1Br. The van der Waals surface area contributed by atoms with Gasteiger partial charge in [0.2, 0.25) is 5.91 Å². The van der Waals surface area contributed by atoms with Gasteiger partial charge >= 0.3 is 0 Å². The van der Waals surface area contributed by atoms with Gasteiger partial charge in [0, 0.05) is 17.1 Å². The van der Waals surface area contributed by atoms with Gasteiger partial charge in [-0.05, 0) is 6.07 Å². The molecule has 1 aromatic heterocycles. The Hall–Kier alpha value is -1.34. The molecule has 0 aliphatic rings. The van der Waals surface area contributed by atoms with Crippen LogP contribution in [0, 0.1) is 0 Å². The third-order valence-electron chi connectivity index (χ3n) is 2.29. The maximum absolute atomic E-state index is 10.8. The van der Waals surface area contributed by atoms with E-state index in [1.54, 1.807) is 0 Å². The van der Waals surface area contributed by atoms with Gasteiger partial charge in [-0.2, -0.15) is 0 Å². The van der Waals surface area contributed by atoms with Crippen LogP contribution in [0.3, 0.4) is 0 Å². The quantitative estimate of drug-likeness (QED) is 0.870. The molecule has 2 rings (SSSR count). The zero-order chi connectivity index (χ0) is 13.1. The van der Waals surface area contributed by atoms with Crippen LogP contribution in [0.2, 0.25) is 0 Å². The highest BCUT2D eigenvalue weighted by molar-refractivity contribution is 9.10. The van der Waals surface area contributed by atoms with Gasteiger partial charge in [0.15, 0.2) is 11.0 Å². The number of carbonyl (C=O) groups excluding carboxylic acids is 1. The average molecular weight is 327 g/mol. The molecule has 18 heavy (non-hydrogen) atoms. The Labute approximate surface area is 117 Å². The number of primary amides is 1.